The minimum atomic E-state index is -1.51. The molecular weight excluding hydrogens is 234 g/mol. The quantitative estimate of drug-likeness (QED) is 0.501. The maximum atomic E-state index is 11.0. The van der Waals surface area contributed by atoms with E-state index in [-0.39, 0.29) is 15.7 Å². The third kappa shape index (κ3) is 2.83. The fourth-order valence-corrected chi connectivity index (χ4v) is 1.91. The number of hydrogen-bond acceptors (Lipinski definition) is 7. The number of aliphatic hydroxyl groups is 4. The number of rotatable bonds is 5. The average Bonchev–Trinajstić information content (AvgIpc) is 2.75. The fraction of sp³-hybridized carbons (Fsp3) is 0.556. The number of hydrogen-bond donors (Lipinski definition) is 4. The van der Waals surface area contributed by atoms with Crippen molar-refractivity contribution in [2.24, 2.45) is 0 Å². The van der Waals surface area contributed by atoms with Crippen molar-refractivity contribution in [3.63, 3.8) is 0 Å². The summed E-state index contributed by atoms with van der Waals surface area (Å²) in [6.45, 7) is 0.685. The molecule has 1 aromatic rings. The summed E-state index contributed by atoms with van der Waals surface area (Å²) in [5.74, 6) is -0.236. The third-order valence-electron chi connectivity index (χ3n) is 2.02. The topological polar surface area (TPSA) is 111 Å². The van der Waals surface area contributed by atoms with Gasteiger partial charge in [0.25, 0.3) is 0 Å². The molecule has 0 fully saturated rings. The molecule has 3 atom stereocenters. The first kappa shape index (κ1) is 13.2. The van der Waals surface area contributed by atoms with Crippen LogP contribution in [0.1, 0.15) is 27.7 Å². The van der Waals surface area contributed by atoms with Crippen LogP contribution in [-0.2, 0) is 0 Å². The van der Waals surface area contributed by atoms with Crippen molar-refractivity contribution in [2.75, 3.05) is 6.61 Å². The second-order valence-corrected chi connectivity index (χ2v) is 4.37. The molecule has 0 aliphatic heterocycles. The van der Waals surface area contributed by atoms with Gasteiger partial charge in [-0.25, -0.2) is 4.98 Å². The summed E-state index contributed by atoms with van der Waals surface area (Å²) in [6, 6.07) is 0. The molecule has 0 unspecified atom stereocenters. The molecule has 0 saturated heterocycles. The van der Waals surface area contributed by atoms with Crippen LogP contribution >= 0.6 is 11.3 Å². The van der Waals surface area contributed by atoms with Crippen molar-refractivity contribution in [1.82, 2.24) is 4.98 Å². The van der Waals surface area contributed by atoms with E-state index in [0.29, 0.717) is 0 Å². The number of ketones is 1. The Bertz CT molecular complexity index is 367. The summed E-state index contributed by atoms with van der Waals surface area (Å²) in [6.07, 6.45) is -3.05. The molecule has 0 aliphatic rings. The van der Waals surface area contributed by atoms with Crippen molar-refractivity contribution in [3.05, 3.63) is 16.1 Å². The van der Waals surface area contributed by atoms with E-state index >= 15 is 0 Å². The van der Waals surface area contributed by atoms with E-state index in [1.54, 1.807) is 0 Å². The Balaban J connectivity index is 2.79. The van der Waals surface area contributed by atoms with Crippen LogP contribution in [0.2, 0.25) is 0 Å². The smallest absolute Gasteiger partial charge is 0.188 e. The largest absolute Gasteiger partial charge is 0.394 e. The SMILES string of the molecule is CC(=O)c1ncc([C@H](O)[C@H](O)[C@H](O)CO)s1. The first-order chi connectivity index (χ1) is 7.47. The van der Waals surface area contributed by atoms with E-state index < -0.39 is 24.9 Å². The second kappa shape index (κ2) is 5.46. The van der Waals surface area contributed by atoms with E-state index in [2.05, 4.69) is 4.98 Å². The highest BCUT2D eigenvalue weighted by molar-refractivity contribution is 7.13. The lowest BCUT2D eigenvalue weighted by Crippen LogP contribution is -2.34. The first-order valence-corrected chi connectivity index (χ1v) is 5.40. The van der Waals surface area contributed by atoms with E-state index in [9.17, 15) is 15.0 Å². The van der Waals surface area contributed by atoms with Crippen LogP contribution in [0.25, 0.3) is 0 Å². The predicted molar refractivity (Wildman–Crippen MR) is 56.2 cm³/mol. The zero-order chi connectivity index (χ0) is 12.3. The highest BCUT2D eigenvalue weighted by Gasteiger charge is 2.27. The van der Waals surface area contributed by atoms with Crippen LogP contribution in [0.5, 0.6) is 0 Å². The lowest BCUT2D eigenvalue weighted by atomic mass is 10.1. The van der Waals surface area contributed by atoms with E-state index in [4.69, 9.17) is 10.2 Å². The van der Waals surface area contributed by atoms with Gasteiger partial charge in [-0.15, -0.1) is 11.3 Å². The van der Waals surface area contributed by atoms with Gasteiger partial charge in [0.2, 0.25) is 0 Å². The number of aliphatic hydroxyl groups excluding tert-OH is 4. The van der Waals surface area contributed by atoms with Crippen molar-refractivity contribution in [3.8, 4) is 0 Å². The summed E-state index contributed by atoms with van der Waals surface area (Å²) in [5.41, 5.74) is 0. The Morgan fingerprint density at radius 1 is 1.50 bits per heavy atom. The molecule has 1 heterocycles. The maximum absolute atomic E-state index is 11.0. The molecule has 6 nitrogen and oxygen atoms in total. The molecule has 0 amide bonds. The van der Waals surface area contributed by atoms with Gasteiger partial charge in [0.05, 0.1) is 11.5 Å². The molecule has 0 radical (unpaired) electrons. The average molecular weight is 247 g/mol. The van der Waals surface area contributed by atoms with Crippen molar-refractivity contribution in [2.45, 2.75) is 25.2 Å². The predicted octanol–water partition coefficient (Wildman–Crippen LogP) is -0.907. The van der Waals surface area contributed by atoms with Crippen LogP contribution in [0.15, 0.2) is 6.20 Å². The lowest BCUT2D eigenvalue weighted by Gasteiger charge is -2.19. The van der Waals surface area contributed by atoms with Gasteiger partial charge >= 0.3 is 0 Å². The first-order valence-electron chi connectivity index (χ1n) is 4.59. The number of thiazole rings is 1. The van der Waals surface area contributed by atoms with Gasteiger partial charge in [0.15, 0.2) is 10.8 Å². The zero-order valence-electron chi connectivity index (χ0n) is 8.57. The highest BCUT2D eigenvalue weighted by atomic mass is 32.1. The summed E-state index contributed by atoms with van der Waals surface area (Å²) in [7, 11) is 0. The van der Waals surface area contributed by atoms with Gasteiger partial charge in [-0.05, 0) is 0 Å². The number of nitrogens with zero attached hydrogens (tertiary/aromatic N) is 1. The Morgan fingerprint density at radius 2 is 2.12 bits per heavy atom. The number of carbonyl (C=O) groups is 1. The second-order valence-electron chi connectivity index (χ2n) is 3.31. The highest BCUT2D eigenvalue weighted by Crippen LogP contribution is 2.25. The number of Topliss-reactive ketones (excluding diaryl/α,β-unsaturated/α-hetero) is 1. The Kier molecular flexibility index (Phi) is 4.51. The zero-order valence-corrected chi connectivity index (χ0v) is 9.39. The van der Waals surface area contributed by atoms with Crippen LogP contribution in [0.4, 0.5) is 0 Å². The summed E-state index contributed by atoms with van der Waals surface area (Å²) >= 11 is 0.942. The summed E-state index contributed by atoms with van der Waals surface area (Å²) < 4.78 is 0. The van der Waals surface area contributed by atoms with Gasteiger partial charge in [0, 0.05) is 13.1 Å². The summed E-state index contributed by atoms with van der Waals surface area (Å²) in [4.78, 5) is 15.0. The number of aromatic nitrogens is 1. The molecule has 0 spiro atoms. The van der Waals surface area contributed by atoms with E-state index in [1.165, 1.54) is 13.1 Å². The van der Waals surface area contributed by atoms with E-state index in [1.807, 2.05) is 0 Å². The lowest BCUT2D eigenvalue weighted by molar-refractivity contribution is -0.0766. The van der Waals surface area contributed by atoms with Gasteiger partial charge in [0.1, 0.15) is 18.3 Å². The fourth-order valence-electron chi connectivity index (χ4n) is 1.07. The number of carbonyl (C=O) groups excluding carboxylic acids is 1. The van der Waals surface area contributed by atoms with Crippen LogP contribution in [0, 0.1) is 0 Å². The van der Waals surface area contributed by atoms with Crippen LogP contribution in [-0.4, -0.2) is 50.0 Å². The molecule has 7 heteroatoms. The van der Waals surface area contributed by atoms with Gasteiger partial charge in [-0.1, -0.05) is 0 Å². The van der Waals surface area contributed by atoms with Gasteiger partial charge < -0.3 is 20.4 Å². The molecule has 1 rings (SSSR count). The third-order valence-corrected chi connectivity index (χ3v) is 3.19. The van der Waals surface area contributed by atoms with Gasteiger partial charge in [-0.2, -0.15) is 0 Å². The molecule has 0 aromatic carbocycles. The molecule has 16 heavy (non-hydrogen) atoms. The van der Waals surface area contributed by atoms with Crippen molar-refractivity contribution < 1.29 is 25.2 Å². The normalized spacial score (nSPS) is 16.8. The molecule has 90 valence electrons. The van der Waals surface area contributed by atoms with Crippen molar-refractivity contribution >= 4 is 17.1 Å². The molecule has 0 saturated carbocycles. The molecule has 1 aromatic heterocycles. The van der Waals surface area contributed by atoms with E-state index in [0.717, 1.165) is 11.3 Å². The Morgan fingerprint density at radius 3 is 2.56 bits per heavy atom. The van der Waals surface area contributed by atoms with Crippen LogP contribution in [0.3, 0.4) is 0 Å². The van der Waals surface area contributed by atoms with Crippen molar-refractivity contribution in [1.29, 1.82) is 0 Å². The molecule has 0 bridgehead atoms. The Hall–Kier alpha value is -0.860. The van der Waals surface area contributed by atoms with Crippen LogP contribution < -0.4 is 0 Å². The monoisotopic (exact) mass is 247 g/mol. The Labute approximate surface area is 95.8 Å². The van der Waals surface area contributed by atoms with Gasteiger partial charge in [-0.3, -0.25) is 4.79 Å². The maximum Gasteiger partial charge on any atom is 0.188 e. The standard InChI is InChI=1S/C9H13NO5S/c1-4(12)9-10-2-6(16-9)8(15)7(14)5(13)3-11/h2,5,7-8,11,13-15H,3H2,1H3/t5-,7-,8+/m1/s1. The molecule has 0 aliphatic carbocycles. The molecule has 4 N–H and O–H groups in total. The minimum absolute atomic E-state index is 0.222. The molecular formula is C9H13NO5S. The summed E-state index contributed by atoms with van der Waals surface area (Å²) in [5, 5.41) is 37.0. The minimum Gasteiger partial charge on any atom is -0.394 e.